The fourth-order valence-corrected chi connectivity index (χ4v) is 2.12. The van der Waals surface area contributed by atoms with Crippen molar-refractivity contribution in [2.75, 3.05) is 6.61 Å². The van der Waals surface area contributed by atoms with E-state index in [0.717, 1.165) is 16.0 Å². The maximum atomic E-state index is 5.65. The van der Waals surface area contributed by atoms with E-state index in [1.54, 1.807) is 12.5 Å². The number of nitrogens with zero attached hydrogens (tertiary/aromatic N) is 3. The summed E-state index contributed by atoms with van der Waals surface area (Å²) in [4.78, 5) is 8.75. The van der Waals surface area contributed by atoms with E-state index in [2.05, 4.69) is 25.9 Å². The number of benzene rings is 1. The standard InChI is InChI=1S/C14H16BrN3O/c1-3-19-11(2)14(18-9-8-16-10-18)17-13-7-5-4-6-12(13)15/h4-11H,3H2,1-2H3/b17-14+. The molecule has 100 valence electrons. The number of aromatic nitrogens is 2. The fourth-order valence-electron chi connectivity index (χ4n) is 1.74. The highest BCUT2D eigenvalue weighted by atomic mass is 79.9. The zero-order valence-electron chi connectivity index (χ0n) is 11.0. The molecule has 19 heavy (non-hydrogen) atoms. The van der Waals surface area contributed by atoms with Gasteiger partial charge in [0, 0.05) is 23.5 Å². The van der Waals surface area contributed by atoms with Crippen LogP contribution >= 0.6 is 15.9 Å². The minimum absolute atomic E-state index is 0.105. The Kier molecular flexibility index (Phi) is 4.87. The Morgan fingerprint density at radius 2 is 2.26 bits per heavy atom. The number of imidazole rings is 1. The van der Waals surface area contributed by atoms with Crippen LogP contribution in [0.2, 0.25) is 0 Å². The summed E-state index contributed by atoms with van der Waals surface area (Å²) in [6.07, 6.45) is 5.22. The molecule has 1 atom stereocenters. The molecule has 0 bridgehead atoms. The third-order valence-corrected chi connectivity index (χ3v) is 3.31. The number of hydrogen-bond donors (Lipinski definition) is 0. The molecule has 0 saturated carbocycles. The third-order valence-electron chi connectivity index (χ3n) is 2.64. The van der Waals surface area contributed by atoms with Gasteiger partial charge in [0.15, 0.2) is 0 Å². The van der Waals surface area contributed by atoms with Crippen molar-refractivity contribution >= 4 is 27.5 Å². The zero-order valence-corrected chi connectivity index (χ0v) is 12.5. The van der Waals surface area contributed by atoms with Gasteiger partial charge in [0.25, 0.3) is 0 Å². The van der Waals surface area contributed by atoms with Crippen LogP contribution in [0.5, 0.6) is 0 Å². The van der Waals surface area contributed by atoms with E-state index in [4.69, 9.17) is 4.74 Å². The Morgan fingerprint density at radius 1 is 1.47 bits per heavy atom. The molecule has 2 rings (SSSR count). The van der Waals surface area contributed by atoms with Crippen LogP contribution in [0.1, 0.15) is 13.8 Å². The number of halogens is 1. The largest absolute Gasteiger partial charge is 0.371 e. The normalized spacial score (nSPS) is 13.5. The molecular formula is C14H16BrN3O. The number of para-hydroxylation sites is 1. The highest BCUT2D eigenvalue weighted by molar-refractivity contribution is 9.10. The molecule has 0 saturated heterocycles. The van der Waals surface area contributed by atoms with E-state index >= 15 is 0 Å². The maximum Gasteiger partial charge on any atom is 0.143 e. The lowest BCUT2D eigenvalue weighted by Crippen LogP contribution is -2.26. The van der Waals surface area contributed by atoms with Crippen LogP contribution in [-0.2, 0) is 4.74 Å². The van der Waals surface area contributed by atoms with Gasteiger partial charge in [-0.15, -0.1) is 0 Å². The topological polar surface area (TPSA) is 39.4 Å². The second-order valence-electron chi connectivity index (χ2n) is 3.99. The van der Waals surface area contributed by atoms with E-state index < -0.39 is 0 Å². The highest BCUT2D eigenvalue weighted by Crippen LogP contribution is 2.25. The number of aliphatic imine (C=N–C) groups is 1. The average molecular weight is 322 g/mol. The molecule has 1 unspecified atom stereocenters. The van der Waals surface area contributed by atoms with Crippen molar-refractivity contribution in [2.24, 2.45) is 4.99 Å². The lowest BCUT2D eigenvalue weighted by atomic mass is 10.3. The van der Waals surface area contributed by atoms with Gasteiger partial charge in [0.1, 0.15) is 18.3 Å². The van der Waals surface area contributed by atoms with Crippen LogP contribution in [0.4, 0.5) is 5.69 Å². The van der Waals surface area contributed by atoms with E-state index in [0.29, 0.717) is 6.61 Å². The van der Waals surface area contributed by atoms with Gasteiger partial charge in [-0.1, -0.05) is 12.1 Å². The summed E-state index contributed by atoms with van der Waals surface area (Å²) in [6.45, 7) is 4.60. The second kappa shape index (κ2) is 6.63. The molecule has 1 aromatic carbocycles. The molecule has 0 radical (unpaired) electrons. The summed E-state index contributed by atoms with van der Waals surface area (Å²) in [7, 11) is 0. The Morgan fingerprint density at radius 3 is 2.89 bits per heavy atom. The van der Waals surface area contributed by atoms with E-state index in [1.807, 2.05) is 48.9 Å². The molecule has 1 heterocycles. The van der Waals surface area contributed by atoms with E-state index in [-0.39, 0.29) is 6.10 Å². The highest BCUT2D eigenvalue weighted by Gasteiger charge is 2.13. The predicted molar refractivity (Wildman–Crippen MR) is 80.0 cm³/mol. The first-order valence-electron chi connectivity index (χ1n) is 6.15. The van der Waals surface area contributed by atoms with Crippen LogP contribution in [0.15, 0.2) is 52.5 Å². The van der Waals surface area contributed by atoms with Crippen molar-refractivity contribution in [3.8, 4) is 0 Å². The summed E-state index contributed by atoms with van der Waals surface area (Å²) >= 11 is 3.50. The van der Waals surface area contributed by atoms with Crippen molar-refractivity contribution in [3.05, 3.63) is 47.5 Å². The lowest BCUT2D eigenvalue weighted by Gasteiger charge is -2.15. The van der Waals surface area contributed by atoms with Gasteiger partial charge in [-0.05, 0) is 41.9 Å². The molecule has 5 heteroatoms. The molecule has 0 aliphatic carbocycles. The lowest BCUT2D eigenvalue weighted by molar-refractivity contribution is 0.120. The second-order valence-corrected chi connectivity index (χ2v) is 4.84. The van der Waals surface area contributed by atoms with Gasteiger partial charge in [-0.3, -0.25) is 4.57 Å². The first-order valence-corrected chi connectivity index (χ1v) is 6.94. The quantitative estimate of drug-likeness (QED) is 0.637. The number of ether oxygens (including phenoxy) is 1. The Balaban J connectivity index is 2.40. The van der Waals surface area contributed by atoms with Crippen molar-refractivity contribution in [1.29, 1.82) is 0 Å². The molecule has 0 aliphatic rings. The molecule has 0 spiro atoms. The Hall–Kier alpha value is -1.46. The Labute approximate surface area is 121 Å². The first kappa shape index (κ1) is 14.0. The van der Waals surface area contributed by atoms with Crippen LogP contribution in [0.25, 0.3) is 0 Å². The summed E-state index contributed by atoms with van der Waals surface area (Å²) in [5.41, 5.74) is 0.873. The minimum Gasteiger partial charge on any atom is -0.371 e. The first-order chi connectivity index (χ1) is 9.22. The van der Waals surface area contributed by atoms with Crippen molar-refractivity contribution in [1.82, 2.24) is 9.55 Å². The van der Waals surface area contributed by atoms with Gasteiger partial charge in [-0.2, -0.15) is 0 Å². The molecule has 0 aliphatic heterocycles. The number of hydrogen-bond acceptors (Lipinski definition) is 3. The van der Waals surface area contributed by atoms with E-state index in [9.17, 15) is 0 Å². The monoisotopic (exact) mass is 321 g/mol. The third kappa shape index (κ3) is 3.52. The van der Waals surface area contributed by atoms with Crippen LogP contribution < -0.4 is 0 Å². The van der Waals surface area contributed by atoms with E-state index in [1.165, 1.54) is 0 Å². The van der Waals surface area contributed by atoms with Crippen LogP contribution in [0.3, 0.4) is 0 Å². The fraction of sp³-hybridized carbons (Fsp3) is 0.286. The van der Waals surface area contributed by atoms with Gasteiger partial charge >= 0.3 is 0 Å². The van der Waals surface area contributed by atoms with Gasteiger partial charge in [0.2, 0.25) is 0 Å². The Bertz CT molecular complexity index is 552. The van der Waals surface area contributed by atoms with Crippen molar-refractivity contribution < 1.29 is 4.74 Å². The molecule has 0 amide bonds. The summed E-state index contributed by atoms with van der Waals surface area (Å²) in [6, 6.07) is 7.85. The van der Waals surface area contributed by atoms with Crippen LogP contribution in [0, 0.1) is 0 Å². The molecule has 0 N–H and O–H groups in total. The summed E-state index contributed by atoms with van der Waals surface area (Å²) in [5.74, 6) is 0.811. The van der Waals surface area contributed by atoms with Crippen molar-refractivity contribution in [3.63, 3.8) is 0 Å². The molecule has 1 aromatic heterocycles. The molecule has 4 nitrogen and oxygen atoms in total. The predicted octanol–water partition coefficient (Wildman–Crippen LogP) is 3.65. The smallest absolute Gasteiger partial charge is 0.143 e. The molecular weight excluding hydrogens is 306 g/mol. The molecule has 2 aromatic rings. The van der Waals surface area contributed by atoms with Crippen molar-refractivity contribution in [2.45, 2.75) is 20.0 Å². The number of rotatable bonds is 4. The zero-order chi connectivity index (χ0) is 13.7. The molecule has 0 fully saturated rings. The summed E-state index contributed by atoms with van der Waals surface area (Å²) in [5, 5.41) is 0. The van der Waals surface area contributed by atoms with Gasteiger partial charge in [-0.25, -0.2) is 9.98 Å². The summed E-state index contributed by atoms with van der Waals surface area (Å²) < 4.78 is 8.47. The average Bonchev–Trinajstić information content (AvgIpc) is 2.91. The van der Waals surface area contributed by atoms with Gasteiger partial charge < -0.3 is 4.74 Å². The van der Waals surface area contributed by atoms with Gasteiger partial charge in [0.05, 0.1) is 5.69 Å². The maximum absolute atomic E-state index is 5.65. The SMILES string of the molecule is CCOC(C)/C(=N\c1ccccc1Br)n1ccnc1. The van der Waals surface area contributed by atoms with Crippen LogP contribution in [-0.4, -0.2) is 28.1 Å². The minimum atomic E-state index is -0.105.